The smallest absolute Gasteiger partial charge is 0.350 e. The van der Waals surface area contributed by atoms with Gasteiger partial charge in [0.05, 0.1) is 59.3 Å². The molecule has 1 aliphatic heterocycles. The summed E-state index contributed by atoms with van der Waals surface area (Å²) in [6.07, 6.45) is 4.59. The highest BCUT2D eigenvalue weighted by molar-refractivity contribution is 8.00. The number of imidazole rings is 1. The number of aryl methyl sites for hydroxylation is 1. The van der Waals surface area contributed by atoms with Crippen molar-refractivity contribution in [3.05, 3.63) is 126 Å². The number of carbonyl (C=O) groups excluding carboxylic acids is 5. The summed E-state index contributed by atoms with van der Waals surface area (Å²) in [5, 5.41) is 18.0. The van der Waals surface area contributed by atoms with Crippen LogP contribution in [0.25, 0.3) is 21.9 Å². The van der Waals surface area contributed by atoms with Gasteiger partial charge in [-0.2, -0.15) is 5.01 Å². The molecule has 0 saturated carbocycles. The van der Waals surface area contributed by atoms with E-state index in [1.54, 1.807) is 103 Å². The summed E-state index contributed by atoms with van der Waals surface area (Å²) in [5.41, 5.74) is 2.58. The number of hydrogen-bond donors (Lipinski definition) is 3. The molecule has 0 atom stereocenters. The molecule has 0 unspecified atom stereocenters. The quantitative estimate of drug-likeness (QED) is 0.0404. The Morgan fingerprint density at radius 3 is 2.40 bits per heavy atom. The number of phenols is 1. The van der Waals surface area contributed by atoms with Crippen molar-refractivity contribution in [3.63, 3.8) is 0 Å². The van der Waals surface area contributed by atoms with Crippen LogP contribution in [0.4, 0.5) is 27.5 Å². The van der Waals surface area contributed by atoms with Crippen molar-refractivity contribution in [2.45, 2.75) is 45.6 Å². The third kappa shape index (κ3) is 9.22. The molecule has 18 heteroatoms. The number of H-pyrrole nitrogens is 1. The van der Waals surface area contributed by atoms with Gasteiger partial charge in [-0.05, 0) is 87.4 Å². The number of para-hydroxylation sites is 1. The number of methoxy groups -OCH3 is 1. The molecule has 3 heterocycles. The third-order valence-electron chi connectivity index (χ3n) is 11.6. The minimum Gasteiger partial charge on any atom is -0.506 e. The number of rotatable bonds is 14. The second kappa shape index (κ2) is 19.5. The Morgan fingerprint density at radius 1 is 0.912 bits per heavy atom. The highest BCUT2D eigenvalue weighted by atomic mass is 32.2. The molecule has 5 aromatic carbocycles. The number of aromatic hydroxyl groups is 1. The molecule has 3 N–H and O–H groups in total. The van der Waals surface area contributed by atoms with Crippen molar-refractivity contribution in [1.29, 1.82) is 0 Å². The summed E-state index contributed by atoms with van der Waals surface area (Å²) in [6.45, 7) is 8.05. The van der Waals surface area contributed by atoms with Crippen molar-refractivity contribution in [2.75, 3.05) is 53.1 Å². The van der Waals surface area contributed by atoms with Crippen LogP contribution in [0, 0.1) is 12.3 Å². The first kappa shape index (κ1) is 46.5. The second-order valence-electron chi connectivity index (χ2n) is 16.8. The van der Waals surface area contributed by atoms with Gasteiger partial charge < -0.3 is 29.8 Å². The lowest BCUT2D eigenvalue weighted by Crippen LogP contribution is -2.50. The lowest BCUT2D eigenvalue weighted by atomic mass is 9.94. The Hall–Kier alpha value is -7.99. The first-order chi connectivity index (χ1) is 32.7. The number of esters is 1. The van der Waals surface area contributed by atoms with Gasteiger partial charge >= 0.3 is 12.0 Å². The van der Waals surface area contributed by atoms with E-state index in [1.165, 1.54) is 55.6 Å². The molecule has 0 spiro atoms. The van der Waals surface area contributed by atoms with E-state index in [9.17, 15) is 29.1 Å². The lowest BCUT2D eigenvalue weighted by molar-refractivity contribution is -0.132. The predicted molar refractivity (Wildman–Crippen MR) is 261 cm³/mol. The summed E-state index contributed by atoms with van der Waals surface area (Å²) >= 11 is 1.28. The maximum Gasteiger partial charge on any atom is 0.350 e. The maximum atomic E-state index is 14.6. The van der Waals surface area contributed by atoms with Crippen molar-refractivity contribution >= 4 is 86.2 Å². The number of thioether (sulfide) groups is 1. The number of ether oxygens (including phenoxy) is 2. The van der Waals surface area contributed by atoms with Crippen molar-refractivity contribution in [3.8, 4) is 17.2 Å². The van der Waals surface area contributed by atoms with Gasteiger partial charge in [0.2, 0.25) is 5.91 Å². The van der Waals surface area contributed by atoms with Crippen molar-refractivity contribution in [2.24, 2.45) is 5.41 Å². The normalized spacial score (nSPS) is 13.2. The van der Waals surface area contributed by atoms with Crippen LogP contribution in [0.15, 0.2) is 115 Å². The first-order valence-electron chi connectivity index (χ1n) is 21.8. The fourth-order valence-electron chi connectivity index (χ4n) is 7.91. The van der Waals surface area contributed by atoms with Gasteiger partial charge in [0.25, 0.3) is 11.8 Å². The molecule has 1 saturated heterocycles. The minimum absolute atomic E-state index is 0.0127. The fourth-order valence-corrected chi connectivity index (χ4v) is 8.74. The van der Waals surface area contributed by atoms with E-state index in [0.29, 0.717) is 50.9 Å². The van der Waals surface area contributed by atoms with Crippen LogP contribution in [0.2, 0.25) is 0 Å². The number of nitrogens with zero attached hydrogens (tertiary/aromatic N) is 7. The number of carbonyl (C=O) groups is 5. The van der Waals surface area contributed by atoms with Crippen molar-refractivity contribution in [1.82, 2.24) is 24.9 Å². The number of nitrogens with one attached hydrogen (secondary N) is 2. The van der Waals surface area contributed by atoms with Crippen LogP contribution in [0.1, 0.15) is 59.9 Å². The molecule has 0 aliphatic carbocycles. The topological polar surface area (TPSA) is 203 Å². The number of aromatic nitrogens is 4. The Morgan fingerprint density at radius 2 is 1.65 bits per heavy atom. The molecule has 348 valence electrons. The molecule has 68 heavy (non-hydrogen) atoms. The zero-order valence-electron chi connectivity index (χ0n) is 38.3. The van der Waals surface area contributed by atoms with E-state index in [4.69, 9.17) is 9.47 Å². The Bertz CT molecular complexity index is 3090. The number of amides is 5. The summed E-state index contributed by atoms with van der Waals surface area (Å²) < 4.78 is 11.4. The average molecular weight is 936 g/mol. The number of benzene rings is 5. The molecular formula is C50H49N9O8S. The molecule has 7 aromatic rings. The number of aromatic amines is 1. The van der Waals surface area contributed by atoms with Gasteiger partial charge in [-0.25, -0.2) is 24.5 Å². The van der Waals surface area contributed by atoms with Crippen molar-refractivity contribution < 1.29 is 38.6 Å². The zero-order chi connectivity index (χ0) is 48.3. The number of hydrazine groups is 1. The second-order valence-corrected chi connectivity index (χ2v) is 17.7. The van der Waals surface area contributed by atoms with Gasteiger partial charge in [-0.15, -0.1) is 0 Å². The molecule has 17 nitrogen and oxygen atoms in total. The standard InChI is InChI=1S/C50H49N9O8S/c1-7-8-23-57(41(60)26-68-46-42-44(52-28-51-42)53-29-54-46)31-18-20-32(21-19-31)58-27-50(3,4)48(64)59(58)49(65)56(5)38-16-12-11-15-35(38)47(63)67-40-25-36(43(61)34-14-10-9-13-33(34)40)45(62)55-37-24-30(2)17-22-39(37)66-6/h9-22,24-25,28-29,61H,7-8,23,26-27H2,1-6H3,(H,55,62)(H,51,52,53,54). The number of unbranched alkanes of at least 4 members (excludes halogenated alkanes) is 1. The summed E-state index contributed by atoms with van der Waals surface area (Å²) in [4.78, 5) is 89.2. The zero-order valence-corrected chi connectivity index (χ0v) is 39.1. The molecule has 1 fully saturated rings. The van der Waals surface area contributed by atoms with E-state index in [2.05, 4.69) is 25.3 Å². The highest BCUT2D eigenvalue weighted by Crippen LogP contribution is 2.39. The van der Waals surface area contributed by atoms with Gasteiger partial charge in [-0.3, -0.25) is 24.3 Å². The average Bonchev–Trinajstić information content (AvgIpc) is 3.93. The number of urea groups is 1. The number of phenolic OH excluding ortho intramolecular Hbond substituents is 1. The Kier molecular flexibility index (Phi) is 13.3. The number of imide groups is 1. The Balaban J connectivity index is 1.03. The molecule has 1 aliphatic rings. The van der Waals surface area contributed by atoms with Crippen LogP contribution < -0.4 is 29.6 Å². The van der Waals surface area contributed by atoms with Crippen LogP contribution in [-0.2, 0) is 9.59 Å². The van der Waals surface area contributed by atoms with E-state index < -0.39 is 29.2 Å². The largest absolute Gasteiger partial charge is 0.506 e. The molecule has 8 rings (SSSR count). The van der Waals surface area contributed by atoms with Crippen LogP contribution in [0.3, 0.4) is 0 Å². The predicted octanol–water partition coefficient (Wildman–Crippen LogP) is 8.77. The van der Waals surface area contributed by atoms with E-state index >= 15 is 0 Å². The number of anilines is 4. The molecule has 5 amide bonds. The summed E-state index contributed by atoms with van der Waals surface area (Å²) in [5.74, 6) is -1.95. The van der Waals surface area contributed by atoms with Crippen LogP contribution in [-0.4, -0.2) is 92.8 Å². The van der Waals surface area contributed by atoms with Crippen LogP contribution in [0.5, 0.6) is 17.2 Å². The molecular weight excluding hydrogens is 887 g/mol. The number of hydrogen-bond acceptors (Lipinski definition) is 13. The third-order valence-corrected chi connectivity index (χ3v) is 12.5. The van der Waals surface area contributed by atoms with Gasteiger partial charge in [-0.1, -0.05) is 67.6 Å². The van der Waals surface area contributed by atoms with E-state index in [0.717, 1.165) is 23.4 Å². The minimum atomic E-state index is -0.983. The fraction of sp³-hybridized carbons (Fsp3) is 0.240. The Labute approximate surface area is 396 Å². The van der Waals surface area contributed by atoms with E-state index in [-0.39, 0.29) is 51.9 Å². The maximum absolute atomic E-state index is 14.6. The molecule has 0 bridgehead atoms. The lowest BCUT2D eigenvalue weighted by Gasteiger charge is -2.32. The molecule has 2 aromatic heterocycles. The van der Waals surface area contributed by atoms with Gasteiger partial charge in [0.1, 0.15) is 34.1 Å². The molecule has 0 radical (unpaired) electrons. The summed E-state index contributed by atoms with van der Waals surface area (Å²) in [6, 6.07) is 25.9. The number of fused-ring (bicyclic) bond motifs is 2. The first-order valence-corrected chi connectivity index (χ1v) is 22.8. The highest BCUT2D eigenvalue weighted by Gasteiger charge is 2.49. The van der Waals surface area contributed by atoms with Gasteiger partial charge in [0.15, 0.2) is 5.65 Å². The summed E-state index contributed by atoms with van der Waals surface area (Å²) in [7, 11) is 2.94. The monoisotopic (exact) mass is 935 g/mol. The van der Waals surface area contributed by atoms with Crippen LogP contribution >= 0.6 is 11.8 Å². The van der Waals surface area contributed by atoms with E-state index in [1.807, 2.05) is 19.9 Å². The van der Waals surface area contributed by atoms with Gasteiger partial charge in [0, 0.05) is 30.1 Å². The SMILES string of the molecule is CCCCN(C(=O)CSc1ncnc2[nH]cnc12)c1ccc(N2CC(C)(C)C(=O)N2C(=O)N(C)c2ccccc2C(=O)Oc2cc(C(=O)Nc3cc(C)ccc3OC)c(O)c3ccccc23)cc1.